The number of benzene rings is 2. The smallest absolute Gasteiger partial charge is 0.271 e. The highest BCUT2D eigenvalue weighted by Gasteiger charge is 2.18. The highest BCUT2D eigenvalue weighted by atomic mass is 32.2. The van der Waals surface area contributed by atoms with Gasteiger partial charge in [-0.25, -0.2) is 8.42 Å². The van der Waals surface area contributed by atoms with Gasteiger partial charge in [0.05, 0.1) is 13.7 Å². The first kappa shape index (κ1) is 23.6. The molecule has 1 N–H and O–H groups in total. The zero-order valence-electron chi connectivity index (χ0n) is 18.2. The van der Waals surface area contributed by atoms with Crippen molar-refractivity contribution >= 4 is 33.0 Å². The number of amides is 1. The lowest BCUT2D eigenvalue weighted by atomic mass is 10.1. The fourth-order valence-electron chi connectivity index (χ4n) is 3.12. The Morgan fingerprint density at radius 3 is 2.41 bits per heavy atom. The number of methoxy groups -OCH3 is 1. The van der Waals surface area contributed by atoms with Crippen LogP contribution in [0.15, 0.2) is 64.2 Å². The topological polar surface area (TPSA) is 84.9 Å². The largest absolute Gasteiger partial charge is 0.493 e. The number of nitrogens with one attached hydrogen (secondary N) is 1. The molecule has 0 atom stereocenters. The highest BCUT2D eigenvalue weighted by molar-refractivity contribution is 7.94. The van der Waals surface area contributed by atoms with Gasteiger partial charge in [-0.2, -0.15) is 0 Å². The number of sulfonamides is 1. The van der Waals surface area contributed by atoms with E-state index in [0.717, 1.165) is 16.9 Å². The second-order valence-electron chi connectivity index (χ2n) is 6.85. The molecule has 0 spiro atoms. The fourth-order valence-corrected chi connectivity index (χ4v) is 5.17. The van der Waals surface area contributed by atoms with Crippen molar-refractivity contribution in [1.29, 1.82) is 0 Å². The number of carbonyl (C=O) groups excluding carboxylic acids is 1. The number of carbonyl (C=O) groups is 1. The molecule has 0 unspecified atom stereocenters. The highest BCUT2D eigenvalue weighted by Crippen LogP contribution is 2.29. The summed E-state index contributed by atoms with van der Waals surface area (Å²) >= 11 is 1.14. The third-order valence-corrected chi connectivity index (χ3v) is 7.49. The van der Waals surface area contributed by atoms with Gasteiger partial charge in [0.15, 0.2) is 11.5 Å². The third-order valence-electron chi connectivity index (χ3n) is 4.71. The lowest BCUT2D eigenvalue weighted by molar-refractivity contribution is 0.0752. The van der Waals surface area contributed by atoms with Crippen LogP contribution < -0.4 is 14.2 Å². The van der Waals surface area contributed by atoms with Crippen LogP contribution in [0.3, 0.4) is 0 Å². The minimum absolute atomic E-state index is 0.145. The van der Waals surface area contributed by atoms with Gasteiger partial charge >= 0.3 is 0 Å². The molecular weight excluding hydrogens is 448 g/mol. The molecule has 0 aliphatic carbocycles. The van der Waals surface area contributed by atoms with Crippen LogP contribution in [0.1, 0.15) is 29.8 Å². The van der Waals surface area contributed by atoms with Crippen molar-refractivity contribution < 1.29 is 22.7 Å². The molecule has 0 radical (unpaired) electrons. The summed E-state index contributed by atoms with van der Waals surface area (Å²) in [5, 5.41) is 1.70. The second kappa shape index (κ2) is 10.5. The van der Waals surface area contributed by atoms with Crippen LogP contribution in [-0.2, 0) is 16.6 Å². The van der Waals surface area contributed by atoms with E-state index >= 15 is 0 Å². The van der Waals surface area contributed by atoms with Gasteiger partial charge in [0.1, 0.15) is 4.21 Å². The number of thiophene rings is 1. The monoisotopic (exact) mass is 474 g/mol. The van der Waals surface area contributed by atoms with E-state index in [2.05, 4.69) is 4.72 Å². The van der Waals surface area contributed by atoms with E-state index in [1.54, 1.807) is 53.8 Å². The van der Waals surface area contributed by atoms with Gasteiger partial charge in [-0.1, -0.05) is 12.1 Å². The third kappa shape index (κ3) is 5.60. The van der Waals surface area contributed by atoms with Crippen LogP contribution in [0, 0.1) is 0 Å². The molecule has 1 aromatic heterocycles. The molecule has 2 aromatic carbocycles. The molecule has 1 heterocycles. The average molecular weight is 475 g/mol. The number of ether oxygens (including phenoxy) is 2. The normalized spacial score (nSPS) is 11.1. The Kier molecular flexibility index (Phi) is 7.76. The summed E-state index contributed by atoms with van der Waals surface area (Å²) in [6.45, 7) is 5.27. The Morgan fingerprint density at radius 1 is 1.06 bits per heavy atom. The van der Waals surface area contributed by atoms with Gasteiger partial charge < -0.3 is 14.4 Å². The molecule has 9 heteroatoms. The van der Waals surface area contributed by atoms with Crippen LogP contribution in [0.25, 0.3) is 0 Å². The van der Waals surface area contributed by atoms with E-state index in [-0.39, 0.29) is 10.1 Å². The minimum atomic E-state index is -3.63. The molecule has 0 aliphatic heterocycles. The Labute approximate surface area is 192 Å². The SMILES string of the molecule is CCOc1ccc(CN(CC)C(=O)c2ccc(NS(=O)(=O)c3cccs3)cc2)cc1OC. The molecule has 3 rings (SSSR count). The van der Waals surface area contributed by atoms with E-state index in [1.165, 1.54) is 0 Å². The maximum atomic E-state index is 13.0. The van der Waals surface area contributed by atoms with Crippen LogP contribution in [-0.4, -0.2) is 39.5 Å². The fraction of sp³-hybridized carbons (Fsp3) is 0.261. The summed E-state index contributed by atoms with van der Waals surface area (Å²) < 4.78 is 38.4. The quantitative estimate of drug-likeness (QED) is 0.464. The second-order valence-corrected chi connectivity index (χ2v) is 9.71. The van der Waals surface area contributed by atoms with E-state index in [4.69, 9.17) is 9.47 Å². The predicted octanol–water partition coefficient (Wildman–Crippen LogP) is 4.62. The number of hydrogen-bond acceptors (Lipinski definition) is 6. The lowest BCUT2D eigenvalue weighted by Gasteiger charge is -2.22. The summed E-state index contributed by atoms with van der Waals surface area (Å²) in [5.74, 6) is 1.14. The standard InChI is InChI=1S/C23H26N2O5S2/c1-4-25(16-17-8-13-20(30-5-2)21(15-17)29-3)23(26)18-9-11-19(12-10-18)24-32(27,28)22-7-6-14-31-22/h6-15,24H,4-5,16H2,1-3H3. The summed E-state index contributed by atoms with van der Waals surface area (Å²) in [5.41, 5.74) is 1.79. The molecular formula is C23H26N2O5S2. The van der Waals surface area contributed by atoms with E-state index in [0.29, 0.717) is 42.4 Å². The van der Waals surface area contributed by atoms with E-state index < -0.39 is 10.0 Å². The van der Waals surface area contributed by atoms with Gasteiger partial charge in [0.2, 0.25) is 0 Å². The van der Waals surface area contributed by atoms with Crippen molar-refractivity contribution in [3.05, 3.63) is 71.1 Å². The summed E-state index contributed by atoms with van der Waals surface area (Å²) in [7, 11) is -2.05. The summed E-state index contributed by atoms with van der Waals surface area (Å²) in [6, 6.07) is 15.3. The van der Waals surface area contributed by atoms with Crippen molar-refractivity contribution in [2.75, 3.05) is 25.0 Å². The molecule has 7 nitrogen and oxygen atoms in total. The van der Waals surface area contributed by atoms with Crippen LogP contribution >= 0.6 is 11.3 Å². The molecule has 32 heavy (non-hydrogen) atoms. The number of hydrogen-bond donors (Lipinski definition) is 1. The summed E-state index contributed by atoms with van der Waals surface area (Å²) in [4.78, 5) is 14.7. The molecule has 3 aromatic rings. The molecule has 0 saturated carbocycles. The number of anilines is 1. The van der Waals surface area contributed by atoms with Gasteiger partial charge in [-0.3, -0.25) is 9.52 Å². The van der Waals surface area contributed by atoms with E-state index in [9.17, 15) is 13.2 Å². The van der Waals surface area contributed by atoms with Crippen molar-refractivity contribution in [2.45, 2.75) is 24.6 Å². The van der Waals surface area contributed by atoms with Crippen molar-refractivity contribution in [2.24, 2.45) is 0 Å². The van der Waals surface area contributed by atoms with E-state index in [1.807, 2.05) is 32.0 Å². The Bertz CT molecular complexity index is 1140. The maximum Gasteiger partial charge on any atom is 0.271 e. The maximum absolute atomic E-state index is 13.0. The zero-order chi connectivity index (χ0) is 23.1. The first-order chi connectivity index (χ1) is 15.4. The summed E-state index contributed by atoms with van der Waals surface area (Å²) in [6.07, 6.45) is 0. The van der Waals surface area contributed by atoms with Gasteiger partial charge in [-0.15, -0.1) is 11.3 Å². The van der Waals surface area contributed by atoms with Crippen molar-refractivity contribution in [3.8, 4) is 11.5 Å². The molecule has 0 fully saturated rings. The number of nitrogens with zero attached hydrogens (tertiary/aromatic N) is 1. The molecule has 170 valence electrons. The molecule has 0 bridgehead atoms. The average Bonchev–Trinajstić information content (AvgIpc) is 3.34. The van der Waals surface area contributed by atoms with Gasteiger partial charge in [0.25, 0.3) is 15.9 Å². The Balaban J connectivity index is 1.71. The first-order valence-electron chi connectivity index (χ1n) is 10.1. The zero-order valence-corrected chi connectivity index (χ0v) is 19.8. The molecule has 0 aliphatic rings. The molecule has 0 saturated heterocycles. The first-order valence-corrected chi connectivity index (χ1v) is 12.5. The predicted molar refractivity (Wildman–Crippen MR) is 126 cm³/mol. The van der Waals surface area contributed by atoms with Crippen LogP contribution in [0.2, 0.25) is 0 Å². The van der Waals surface area contributed by atoms with Crippen molar-refractivity contribution in [3.63, 3.8) is 0 Å². The Morgan fingerprint density at radius 2 is 1.81 bits per heavy atom. The van der Waals surface area contributed by atoms with Crippen LogP contribution in [0.5, 0.6) is 11.5 Å². The molecule has 1 amide bonds. The van der Waals surface area contributed by atoms with Gasteiger partial charge in [-0.05, 0) is 67.3 Å². The van der Waals surface area contributed by atoms with Gasteiger partial charge in [0, 0.05) is 24.3 Å². The Hall–Kier alpha value is -3.04. The number of rotatable bonds is 10. The minimum Gasteiger partial charge on any atom is -0.493 e. The van der Waals surface area contributed by atoms with Crippen LogP contribution in [0.4, 0.5) is 5.69 Å². The van der Waals surface area contributed by atoms with Crippen molar-refractivity contribution in [1.82, 2.24) is 4.90 Å². The lowest BCUT2D eigenvalue weighted by Crippen LogP contribution is -2.30.